The lowest BCUT2D eigenvalue weighted by Crippen LogP contribution is -2.29. The number of benzene rings is 1. The Balaban J connectivity index is 1.27. The fourth-order valence-corrected chi connectivity index (χ4v) is 4.65. The monoisotopic (exact) mass is 405 g/mol. The van der Waals surface area contributed by atoms with Crippen LogP contribution in [0.4, 0.5) is 0 Å². The van der Waals surface area contributed by atoms with E-state index in [1.807, 2.05) is 4.90 Å². The Bertz CT molecular complexity index is 1170. The highest BCUT2D eigenvalue weighted by molar-refractivity contribution is 7.17. The van der Waals surface area contributed by atoms with Gasteiger partial charge in [-0.1, -0.05) is 22.9 Å². The van der Waals surface area contributed by atoms with Crippen molar-refractivity contribution in [3.8, 4) is 11.6 Å². The van der Waals surface area contributed by atoms with Crippen molar-refractivity contribution in [2.45, 2.75) is 25.7 Å². The van der Waals surface area contributed by atoms with Crippen molar-refractivity contribution in [3.63, 3.8) is 0 Å². The second-order valence-electron chi connectivity index (χ2n) is 7.29. The van der Waals surface area contributed by atoms with Gasteiger partial charge in [0.25, 0.3) is 0 Å². The zero-order chi connectivity index (χ0) is 19.8. The summed E-state index contributed by atoms with van der Waals surface area (Å²) in [6.45, 7) is 3.37. The molecule has 1 atom stereocenters. The normalized spacial score (nSPS) is 16.6. The van der Waals surface area contributed by atoms with Crippen LogP contribution < -0.4 is 0 Å². The van der Waals surface area contributed by atoms with Crippen LogP contribution in [-0.2, 0) is 11.2 Å². The summed E-state index contributed by atoms with van der Waals surface area (Å²) in [5, 5.41) is 7.27. The molecule has 29 heavy (non-hydrogen) atoms. The molecule has 146 valence electrons. The molecule has 1 aliphatic heterocycles. The maximum absolute atomic E-state index is 12.9. The van der Waals surface area contributed by atoms with Crippen LogP contribution in [-0.4, -0.2) is 44.0 Å². The van der Waals surface area contributed by atoms with Crippen LogP contribution in [0.15, 0.2) is 46.6 Å². The fourth-order valence-electron chi connectivity index (χ4n) is 3.70. The molecule has 0 N–H and O–H groups in total. The average Bonchev–Trinajstić information content (AvgIpc) is 3.48. The molecule has 3 aromatic heterocycles. The first-order valence-corrected chi connectivity index (χ1v) is 10.4. The van der Waals surface area contributed by atoms with E-state index in [2.05, 4.69) is 50.6 Å². The van der Waals surface area contributed by atoms with Gasteiger partial charge in [-0.2, -0.15) is 4.98 Å². The highest BCUT2D eigenvalue weighted by atomic mass is 32.1. The van der Waals surface area contributed by atoms with Gasteiger partial charge in [-0.15, -0.1) is 11.3 Å². The molecular weight excluding hydrogens is 386 g/mol. The summed E-state index contributed by atoms with van der Waals surface area (Å²) in [7, 11) is 0. The topological polar surface area (TPSA) is 85.0 Å². The summed E-state index contributed by atoms with van der Waals surface area (Å²) in [6, 6.07) is 8.13. The van der Waals surface area contributed by atoms with E-state index >= 15 is 0 Å². The van der Waals surface area contributed by atoms with Crippen molar-refractivity contribution < 1.29 is 9.32 Å². The second kappa shape index (κ2) is 7.36. The van der Waals surface area contributed by atoms with Gasteiger partial charge < -0.3 is 9.42 Å². The van der Waals surface area contributed by atoms with Crippen molar-refractivity contribution in [1.82, 2.24) is 25.0 Å². The molecule has 7 nitrogen and oxygen atoms in total. The third-order valence-corrected chi connectivity index (χ3v) is 6.26. The maximum Gasteiger partial charge on any atom is 0.240 e. The molecule has 1 saturated heterocycles. The number of aromatic nitrogens is 4. The number of hydrogen-bond donors (Lipinski definition) is 0. The van der Waals surface area contributed by atoms with Crippen LogP contribution in [0.25, 0.3) is 21.7 Å². The fraction of sp³-hybridized carbons (Fsp3) is 0.286. The lowest BCUT2D eigenvalue weighted by molar-refractivity contribution is -0.129. The van der Waals surface area contributed by atoms with Crippen molar-refractivity contribution in [2.24, 2.45) is 0 Å². The molecule has 8 heteroatoms. The Kier molecular flexibility index (Phi) is 4.55. The zero-order valence-corrected chi connectivity index (χ0v) is 16.7. The van der Waals surface area contributed by atoms with Gasteiger partial charge in [-0.3, -0.25) is 4.79 Å². The summed E-state index contributed by atoms with van der Waals surface area (Å²) < 4.78 is 6.65. The molecule has 0 bridgehead atoms. The number of carbonyl (C=O) groups is 1. The molecule has 1 fully saturated rings. The molecule has 5 rings (SSSR count). The Morgan fingerprint density at radius 3 is 3.00 bits per heavy atom. The average molecular weight is 405 g/mol. The summed E-state index contributed by atoms with van der Waals surface area (Å²) in [4.78, 5) is 27.5. The zero-order valence-electron chi connectivity index (χ0n) is 15.9. The van der Waals surface area contributed by atoms with Gasteiger partial charge in [0.05, 0.1) is 12.3 Å². The molecular formula is C21H19N5O2S. The van der Waals surface area contributed by atoms with Crippen LogP contribution >= 0.6 is 11.3 Å². The Morgan fingerprint density at radius 1 is 1.28 bits per heavy atom. The van der Waals surface area contributed by atoms with E-state index in [-0.39, 0.29) is 11.8 Å². The van der Waals surface area contributed by atoms with Gasteiger partial charge >= 0.3 is 0 Å². The van der Waals surface area contributed by atoms with Gasteiger partial charge in [0.15, 0.2) is 0 Å². The molecule has 0 aliphatic carbocycles. The summed E-state index contributed by atoms with van der Waals surface area (Å²) in [5.74, 6) is 1.54. The molecule has 1 aliphatic rings. The van der Waals surface area contributed by atoms with E-state index in [0.29, 0.717) is 37.0 Å². The minimum atomic E-state index is 0.0466. The van der Waals surface area contributed by atoms with Crippen molar-refractivity contribution in [3.05, 3.63) is 59.1 Å². The molecule has 0 saturated carbocycles. The first-order valence-electron chi connectivity index (χ1n) is 9.53. The second-order valence-corrected chi connectivity index (χ2v) is 8.20. The van der Waals surface area contributed by atoms with Crippen molar-refractivity contribution in [1.29, 1.82) is 0 Å². The molecule has 4 heterocycles. The van der Waals surface area contributed by atoms with Crippen molar-refractivity contribution >= 4 is 27.3 Å². The SMILES string of the molecule is Cc1ccc2scc(CC(=O)N3CC[C@H](c4nc(-c5ncccn5)no4)C3)c2c1. The number of likely N-dealkylation sites (tertiary alicyclic amines) is 1. The Labute approximate surface area is 171 Å². The Morgan fingerprint density at radius 2 is 2.14 bits per heavy atom. The van der Waals surface area contributed by atoms with Crippen LogP contribution in [0.1, 0.15) is 29.4 Å². The van der Waals surface area contributed by atoms with Crippen LogP contribution in [0.5, 0.6) is 0 Å². The van der Waals surface area contributed by atoms with Gasteiger partial charge in [0, 0.05) is 30.2 Å². The number of nitrogens with zero attached hydrogens (tertiary/aromatic N) is 5. The van der Waals surface area contributed by atoms with Gasteiger partial charge in [-0.05, 0) is 41.8 Å². The predicted octanol–water partition coefficient (Wildman–Crippen LogP) is 3.61. The van der Waals surface area contributed by atoms with Crippen LogP contribution in [0, 0.1) is 6.92 Å². The highest BCUT2D eigenvalue weighted by Crippen LogP contribution is 2.30. The number of rotatable bonds is 4. The molecule has 0 unspecified atom stereocenters. The largest absolute Gasteiger partial charge is 0.342 e. The minimum Gasteiger partial charge on any atom is -0.342 e. The predicted molar refractivity (Wildman–Crippen MR) is 110 cm³/mol. The van der Waals surface area contributed by atoms with E-state index in [4.69, 9.17) is 4.52 Å². The summed E-state index contributed by atoms with van der Waals surface area (Å²) >= 11 is 1.69. The maximum atomic E-state index is 12.9. The van der Waals surface area contributed by atoms with Crippen LogP contribution in [0.2, 0.25) is 0 Å². The smallest absolute Gasteiger partial charge is 0.240 e. The summed E-state index contributed by atoms with van der Waals surface area (Å²) in [5.41, 5.74) is 2.31. The third kappa shape index (κ3) is 3.51. The molecule has 0 spiro atoms. The lowest BCUT2D eigenvalue weighted by Gasteiger charge is -2.15. The molecule has 4 aromatic rings. The van der Waals surface area contributed by atoms with E-state index in [0.717, 1.165) is 12.0 Å². The summed E-state index contributed by atoms with van der Waals surface area (Å²) in [6.07, 6.45) is 4.52. The first-order chi connectivity index (χ1) is 14.2. The number of thiophene rings is 1. The van der Waals surface area contributed by atoms with E-state index in [9.17, 15) is 4.79 Å². The van der Waals surface area contributed by atoms with Crippen molar-refractivity contribution in [2.75, 3.05) is 13.1 Å². The molecule has 1 aromatic carbocycles. The molecule has 0 radical (unpaired) electrons. The quantitative estimate of drug-likeness (QED) is 0.516. The minimum absolute atomic E-state index is 0.0466. The number of fused-ring (bicyclic) bond motifs is 1. The van der Waals surface area contributed by atoms with E-state index in [1.54, 1.807) is 29.8 Å². The number of hydrogen-bond acceptors (Lipinski definition) is 7. The molecule has 1 amide bonds. The number of carbonyl (C=O) groups excluding carboxylic acids is 1. The van der Waals surface area contributed by atoms with Crippen LogP contribution in [0.3, 0.4) is 0 Å². The van der Waals surface area contributed by atoms with Gasteiger partial charge in [-0.25, -0.2) is 9.97 Å². The van der Waals surface area contributed by atoms with E-state index in [1.165, 1.54) is 15.6 Å². The van der Waals surface area contributed by atoms with E-state index < -0.39 is 0 Å². The third-order valence-electron chi connectivity index (χ3n) is 5.25. The van der Waals surface area contributed by atoms with Gasteiger partial charge in [0.2, 0.25) is 23.4 Å². The standard InChI is InChI=1S/C21H19N5O2S/c1-13-3-4-17-16(9-13)15(12-29-17)10-18(27)26-8-5-14(11-26)21-24-20(25-28-21)19-22-6-2-7-23-19/h2-4,6-7,9,12,14H,5,8,10-11H2,1H3/t14-/m0/s1. The Hall–Kier alpha value is -3.13. The first kappa shape index (κ1) is 17.9. The number of amides is 1. The number of aryl methyl sites for hydroxylation is 1. The van der Waals surface area contributed by atoms with Gasteiger partial charge in [0.1, 0.15) is 0 Å². The lowest BCUT2D eigenvalue weighted by atomic mass is 10.1. The highest BCUT2D eigenvalue weighted by Gasteiger charge is 2.31.